The Hall–Kier alpha value is -1.55. The molecule has 1 rings (SSSR count). The van der Waals surface area contributed by atoms with Crippen molar-refractivity contribution in [3.05, 3.63) is 24.3 Å². The molecular formula is C22H37NO3. The largest absolute Gasteiger partial charge is 0.491 e. The Bertz CT molecular complexity index is 459. The Kier molecular flexibility index (Phi) is 13.6. The zero-order valence-electron chi connectivity index (χ0n) is 16.7. The molecule has 0 aliphatic heterocycles. The fourth-order valence-electron chi connectivity index (χ4n) is 2.85. The number of nitrogens with one attached hydrogen (secondary N) is 1. The minimum absolute atomic E-state index is 0.0703. The van der Waals surface area contributed by atoms with Crippen molar-refractivity contribution in [3.8, 4) is 5.75 Å². The summed E-state index contributed by atoms with van der Waals surface area (Å²) in [6.45, 7) is 5.75. The molecule has 0 atom stereocenters. The van der Waals surface area contributed by atoms with E-state index >= 15 is 0 Å². The van der Waals surface area contributed by atoms with Gasteiger partial charge in [0, 0.05) is 19.2 Å². The highest BCUT2D eigenvalue weighted by molar-refractivity contribution is 5.88. The molecule has 0 heterocycles. The van der Waals surface area contributed by atoms with Crippen molar-refractivity contribution in [2.45, 2.75) is 78.1 Å². The molecule has 0 aliphatic rings. The number of amides is 1. The summed E-state index contributed by atoms with van der Waals surface area (Å²) in [5.74, 6) is 0.723. The first-order chi connectivity index (χ1) is 12.7. The highest BCUT2D eigenvalue weighted by Gasteiger charge is 1.98. The highest BCUT2D eigenvalue weighted by Crippen LogP contribution is 2.15. The van der Waals surface area contributed by atoms with Crippen LogP contribution in [0.3, 0.4) is 0 Å². The summed E-state index contributed by atoms with van der Waals surface area (Å²) in [7, 11) is 0. The van der Waals surface area contributed by atoms with Crippen LogP contribution < -0.4 is 10.1 Å². The van der Waals surface area contributed by atoms with E-state index in [0.717, 1.165) is 24.5 Å². The molecule has 0 bridgehead atoms. The Morgan fingerprint density at radius 3 is 1.96 bits per heavy atom. The van der Waals surface area contributed by atoms with Crippen LogP contribution in [-0.2, 0) is 9.53 Å². The molecule has 26 heavy (non-hydrogen) atoms. The quantitative estimate of drug-likeness (QED) is 0.369. The van der Waals surface area contributed by atoms with Gasteiger partial charge in [0.1, 0.15) is 12.4 Å². The van der Waals surface area contributed by atoms with Gasteiger partial charge in [-0.05, 0) is 30.7 Å². The van der Waals surface area contributed by atoms with Crippen LogP contribution in [0.1, 0.15) is 78.1 Å². The average Bonchev–Trinajstić information content (AvgIpc) is 2.63. The predicted octanol–water partition coefficient (Wildman–Crippen LogP) is 5.96. The summed E-state index contributed by atoms with van der Waals surface area (Å²) in [5, 5.41) is 2.73. The minimum Gasteiger partial charge on any atom is -0.491 e. The van der Waals surface area contributed by atoms with Gasteiger partial charge in [0.2, 0.25) is 5.91 Å². The number of ether oxygens (including phenoxy) is 2. The van der Waals surface area contributed by atoms with Crippen molar-refractivity contribution < 1.29 is 14.3 Å². The van der Waals surface area contributed by atoms with E-state index in [4.69, 9.17) is 9.47 Å². The third-order valence-electron chi connectivity index (χ3n) is 4.31. The molecule has 0 unspecified atom stereocenters. The fourth-order valence-corrected chi connectivity index (χ4v) is 2.85. The first kappa shape index (κ1) is 22.5. The normalized spacial score (nSPS) is 10.7. The summed E-state index contributed by atoms with van der Waals surface area (Å²) in [4.78, 5) is 11.0. The summed E-state index contributed by atoms with van der Waals surface area (Å²) in [5.41, 5.74) is 0.780. The second kappa shape index (κ2) is 15.7. The molecule has 1 aromatic carbocycles. The van der Waals surface area contributed by atoms with Crippen LogP contribution in [0, 0.1) is 0 Å². The second-order valence-corrected chi connectivity index (χ2v) is 6.85. The van der Waals surface area contributed by atoms with Crippen molar-refractivity contribution in [1.29, 1.82) is 0 Å². The van der Waals surface area contributed by atoms with Gasteiger partial charge < -0.3 is 14.8 Å². The molecule has 0 fully saturated rings. The maximum atomic E-state index is 11.0. The molecule has 0 saturated heterocycles. The summed E-state index contributed by atoms with van der Waals surface area (Å²) in [6.07, 6.45) is 13.4. The van der Waals surface area contributed by atoms with E-state index in [0.29, 0.717) is 13.2 Å². The zero-order chi connectivity index (χ0) is 18.9. The lowest BCUT2D eigenvalue weighted by atomic mass is 10.1. The van der Waals surface area contributed by atoms with Gasteiger partial charge in [0.25, 0.3) is 0 Å². The van der Waals surface area contributed by atoms with Gasteiger partial charge in [-0.25, -0.2) is 0 Å². The molecule has 0 aromatic heterocycles. The number of benzene rings is 1. The van der Waals surface area contributed by atoms with Crippen LogP contribution in [0.2, 0.25) is 0 Å². The van der Waals surface area contributed by atoms with Gasteiger partial charge in [-0.1, -0.05) is 64.7 Å². The summed E-state index contributed by atoms with van der Waals surface area (Å²) < 4.78 is 11.2. The minimum atomic E-state index is -0.0703. The number of hydrogen-bond acceptors (Lipinski definition) is 3. The molecule has 1 N–H and O–H groups in total. The van der Waals surface area contributed by atoms with E-state index in [1.54, 1.807) is 0 Å². The Morgan fingerprint density at radius 1 is 0.808 bits per heavy atom. The van der Waals surface area contributed by atoms with Gasteiger partial charge in [-0.15, -0.1) is 0 Å². The van der Waals surface area contributed by atoms with Crippen LogP contribution in [0.25, 0.3) is 0 Å². The molecule has 0 radical (unpaired) electrons. The average molecular weight is 364 g/mol. The van der Waals surface area contributed by atoms with Crippen LogP contribution in [0.4, 0.5) is 5.69 Å². The van der Waals surface area contributed by atoms with E-state index in [2.05, 4.69) is 12.2 Å². The van der Waals surface area contributed by atoms with E-state index in [-0.39, 0.29) is 5.91 Å². The van der Waals surface area contributed by atoms with Crippen molar-refractivity contribution in [3.63, 3.8) is 0 Å². The highest BCUT2D eigenvalue weighted by atomic mass is 16.5. The van der Waals surface area contributed by atoms with Crippen LogP contribution in [0.5, 0.6) is 5.75 Å². The number of hydrogen-bond donors (Lipinski definition) is 1. The van der Waals surface area contributed by atoms with Gasteiger partial charge in [0.15, 0.2) is 0 Å². The van der Waals surface area contributed by atoms with Crippen LogP contribution >= 0.6 is 0 Å². The summed E-state index contributed by atoms with van der Waals surface area (Å²) >= 11 is 0. The molecule has 0 spiro atoms. The van der Waals surface area contributed by atoms with Crippen LogP contribution in [-0.4, -0.2) is 25.7 Å². The molecule has 1 amide bonds. The molecule has 0 aliphatic carbocycles. The van der Waals surface area contributed by atoms with Crippen LogP contribution in [0.15, 0.2) is 24.3 Å². The Labute approximate surface area is 159 Å². The molecule has 0 saturated carbocycles. The molecule has 1 aromatic rings. The number of carbonyl (C=O) groups is 1. The Balaban J connectivity index is 1.87. The van der Waals surface area contributed by atoms with Gasteiger partial charge in [-0.3, -0.25) is 4.79 Å². The third-order valence-corrected chi connectivity index (χ3v) is 4.31. The SMILES string of the molecule is CCCCCCCCCCCCOCCOc1ccc(NC(C)=O)cc1. The number of carbonyl (C=O) groups excluding carboxylic acids is 1. The first-order valence-corrected chi connectivity index (χ1v) is 10.3. The maximum absolute atomic E-state index is 11.0. The van der Waals surface area contributed by atoms with E-state index in [9.17, 15) is 4.79 Å². The fraction of sp³-hybridized carbons (Fsp3) is 0.682. The van der Waals surface area contributed by atoms with Gasteiger partial charge in [-0.2, -0.15) is 0 Å². The maximum Gasteiger partial charge on any atom is 0.221 e. The zero-order valence-corrected chi connectivity index (χ0v) is 16.7. The number of rotatable bonds is 16. The second-order valence-electron chi connectivity index (χ2n) is 6.85. The van der Waals surface area contributed by atoms with Crippen molar-refractivity contribution >= 4 is 11.6 Å². The first-order valence-electron chi connectivity index (χ1n) is 10.3. The molecule has 4 nitrogen and oxygen atoms in total. The monoisotopic (exact) mass is 363 g/mol. The van der Waals surface area contributed by atoms with E-state index in [1.165, 1.54) is 64.7 Å². The molecule has 148 valence electrons. The smallest absolute Gasteiger partial charge is 0.221 e. The molecule has 4 heteroatoms. The third kappa shape index (κ3) is 12.8. The van der Waals surface area contributed by atoms with Crippen molar-refractivity contribution in [1.82, 2.24) is 0 Å². The molecular weight excluding hydrogens is 326 g/mol. The Morgan fingerprint density at radius 2 is 1.38 bits per heavy atom. The van der Waals surface area contributed by atoms with E-state index < -0.39 is 0 Å². The topological polar surface area (TPSA) is 47.6 Å². The predicted molar refractivity (Wildman–Crippen MR) is 109 cm³/mol. The van der Waals surface area contributed by atoms with E-state index in [1.807, 2.05) is 24.3 Å². The lowest BCUT2D eigenvalue weighted by molar-refractivity contribution is -0.114. The lowest BCUT2D eigenvalue weighted by Gasteiger charge is -2.08. The van der Waals surface area contributed by atoms with Crippen molar-refractivity contribution in [2.24, 2.45) is 0 Å². The number of unbranched alkanes of at least 4 members (excludes halogenated alkanes) is 9. The van der Waals surface area contributed by atoms with Gasteiger partial charge in [0.05, 0.1) is 6.61 Å². The standard InChI is InChI=1S/C22H37NO3/c1-3-4-5-6-7-8-9-10-11-12-17-25-18-19-26-22-15-13-21(14-16-22)23-20(2)24/h13-16H,3-12,17-19H2,1-2H3,(H,23,24). The summed E-state index contributed by atoms with van der Waals surface area (Å²) in [6, 6.07) is 7.38. The van der Waals surface area contributed by atoms with Gasteiger partial charge >= 0.3 is 0 Å². The number of anilines is 1. The van der Waals surface area contributed by atoms with Crippen molar-refractivity contribution in [2.75, 3.05) is 25.1 Å². The lowest BCUT2D eigenvalue weighted by Crippen LogP contribution is -2.08.